The van der Waals surface area contributed by atoms with Gasteiger partial charge in [0.05, 0.1) is 24.5 Å². The molecule has 0 saturated heterocycles. The number of amides is 4. The van der Waals surface area contributed by atoms with Crippen molar-refractivity contribution in [3.05, 3.63) is 52.1 Å². The van der Waals surface area contributed by atoms with Gasteiger partial charge in [0.15, 0.2) is 11.2 Å². The number of nitrogens with zero attached hydrogens (tertiary/aromatic N) is 3. The van der Waals surface area contributed by atoms with Crippen molar-refractivity contribution >= 4 is 84.3 Å². The topological polar surface area (TPSA) is 260 Å². The number of H-pyrrole nitrogens is 1. The van der Waals surface area contributed by atoms with E-state index in [1.807, 2.05) is 0 Å². The lowest BCUT2D eigenvalue weighted by molar-refractivity contribution is -0.132. The molecule has 2 heterocycles. The van der Waals surface area contributed by atoms with Crippen molar-refractivity contribution in [2.75, 3.05) is 22.6 Å². The Kier molecular flexibility index (Phi) is 14.3. The second kappa shape index (κ2) is 18.3. The highest BCUT2D eigenvalue weighted by Gasteiger charge is 2.27. The summed E-state index contributed by atoms with van der Waals surface area (Å²) >= 11 is 8.06. The molecule has 0 aliphatic carbocycles. The molecule has 0 aliphatic heterocycles. The maximum Gasteiger partial charge on any atom is 0.280 e. The van der Waals surface area contributed by atoms with Crippen LogP contribution in [0.25, 0.3) is 11.2 Å². The number of hydrogen-bond donors (Lipinski definition) is 9. The van der Waals surface area contributed by atoms with Gasteiger partial charge in [-0.25, -0.2) is 9.97 Å². The summed E-state index contributed by atoms with van der Waals surface area (Å²) in [5.74, 6) is -2.46. The lowest BCUT2D eigenvalue weighted by Gasteiger charge is -2.22. The Morgan fingerprint density at radius 3 is 2.31 bits per heavy atom. The minimum atomic E-state index is -1.26. The number of fused-ring (bicyclic) bond motifs is 1. The summed E-state index contributed by atoms with van der Waals surface area (Å²) in [6.07, 6.45) is 2.27. The summed E-state index contributed by atoms with van der Waals surface area (Å²) in [7, 11) is 0. The highest BCUT2D eigenvalue weighted by atomic mass is 32.1. The lowest BCUT2D eigenvalue weighted by Crippen LogP contribution is -2.56. The third-order valence-corrected chi connectivity index (χ3v) is 7.54. The molecule has 19 heteroatoms. The van der Waals surface area contributed by atoms with Gasteiger partial charge in [-0.1, -0.05) is 0 Å². The number of carbonyl (C=O) groups is 6. The van der Waals surface area contributed by atoms with Gasteiger partial charge < -0.3 is 41.9 Å². The standard InChI is InChI=1S/C29H36N10O7S2/c1-15(2-7-22(42)36-21(14-48)27(45)37-20(8-9-40)26(44)35-19(12-41)13-47)33-25(43)16-3-5-17(6-4-16)31-10-18-11-32-24-23(34-18)28(46)39-29(30)38-24/h3-6,9,11-12,15,19-21,31,47-48H,2,7-8,10,13-14H2,1H3,(H,33,43)(H,35,44)(H,36,42)(H,37,45)(H3,30,32,38,39,46)/t15-,19-,20+,21+/m1/s1. The Labute approximate surface area is 285 Å². The number of rotatable bonds is 18. The van der Waals surface area contributed by atoms with Crippen LogP contribution < -0.4 is 37.9 Å². The van der Waals surface area contributed by atoms with Gasteiger partial charge in [0.25, 0.3) is 11.5 Å². The van der Waals surface area contributed by atoms with Crippen LogP contribution in [0.1, 0.15) is 42.2 Å². The van der Waals surface area contributed by atoms with Crippen molar-refractivity contribution in [1.82, 2.24) is 41.2 Å². The van der Waals surface area contributed by atoms with Crippen LogP contribution in [-0.4, -0.2) is 91.8 Å². The number of aromatic nitrogens is 4. The van der Waals surface area contributed by atoms with E-state index in [0.29, 0.717) is 29.5 Å². The summed E-state index contributed by atoms with van der Waals surface area (Å²) in [6, 6.07) is 2.95. The minimum absolute atomic E-state index is 0.0277. The SMILES string of the molecule is C[C@H](CCC(=O)N[C@@H](CS)C(=O)N[C@@H](CC=O)C(=O)N[C@H](C=O)CS)NC(=O)c1ccc(NCc2cnc3nc(N)[nH]c(=O)c3n2)cc1. The van der Waals surface area contributed by atoms with Crippen LogP contribution in [0.3, 0.4) is 0 Å². The molecule has 0 saturated carbocycles. The highest BCUT2D eigenvalue weighted by Crippen LogP contribution is 2.12. The van der Waals surface area contributed by atoms with Gasteiger partial charge in [-0.2, -0.15) is 30.2 Å². The predicted molar refractivity (Wildman–Crippen MR) is 183 cm³/mol. The normalized spacial score (nSPS) is 13.3. The van der Waals surface area contributed by atoms with Crippen LogP contribution in [-0.2, 0) is 30.5 Å². The number of nitrogens with two attached hydrogens (primary N) is 1. The number of anilines is 2. The number of carbonyl (C=O) groups excluding carboxylic acids is 6. The molecule has 0 radical (unpaired) electrons. The van der Waals surface area contributed by atoms with Gasteiger partial charge >= 0.3 is 0 Å². The first-order valence-electron chi connectivity index (χ1n) is 14.6. The molecule has 1 aromatic carbocycles. The number of thiol groups is 2. The maximum absolute atomic E-state index is 12.8. The predicted octanol–water partition coefficient (Wildman–Crippen LogP) is -1.09. The first kappa shape index (κ1) is 37.4. The fraction of sp³-hybridized carbons (Fsp3) is 0.379. The van der Waals surface area contributed by atoms with Gasteiger partial charge in [0.2, 0.25) is 23.7 Å². The Balaban J connectivity index is 1.45. The van der Waals surface area contributed by atoms with Crippen molar-refractivity contribution in [3.63, 3.8) is 0 Å². The molecule has 0 fully saturated rings. The van der Waals surface area contributed by atoms with E-state index in [4.69, 9.17) is 5.73 Å². The molecule has 4 atom stereocenters. The highest BCUT2D eigenvalue weighted by molar-refractivity contribution is 7.80. The smallest absolute Gasteiger partial charge is 0.280 e. The Hall–Kier alpha value is -5.04. The Morgan fingerprint density at radius 1 is 0.958 bits per heavy atom. The average Bonchev–Trinajstić information content (AvgIpc) is 3.07. The quantitative estimate of drug-likeness (QED) is 0.0567. The van der Waals surface area contributed by atoms with Crippen molar-refractivity contribution in [3.8, 4) is 0 Å². The summed E-state index contributed by atoms with van der Waals surface area (Å²) < 4.78 is 0. The van der Waals surface area contributed by atoms with Gasteiger partial charge in [-0.15, -0.1) is 0 Å². The first-order chi connectivity index (χ1) is 23.0. The summed E-state index contributed by atoms with van der Waals surface area (Å²) in [5, 5.41) is 13.2. The average molecular weight is 701 g/mol. The van der Waals surface area contributed by atoms with E-state index in [-0.39, 0.29) is 60.3 Å². The zero-order valence-electron chi connectivity index (χ0n) is 25.8. The van der Waals surface area contributed by atoms with E-state index >= 15 is 0 Å². The van der Waals surface area contributed by atoms with E-state index in [2.05, 4.69) is 71.8 Å². The van der Waals surface area contributed by atoms with Crippen LogP contribution in [0.15, 0.2) is 35.3 Å². The first-order valence-corrected chi connectivity index (χ1v) is 15.9. The van der Waals surface area contributed by atoms with Gasteiger partial charge in [0.1, 0.15) is 24.7 Å². The number of aldehydes is 2. The molecule has 48 heavy (non-hydrogen) atoms. The number of nitrogens with one attached hydrogen (secondary N) is 6. The number of hydrogen-bond acceptors (Lipinski definition) is 14. The second-order valence-electron chi connectivity index (χ2n) is 10.5. The van der Waals surface area contributed by atoms with Crippen LogP contribution in [0, 0.1) is 0 Å². The molecule has 8 N–H and O–H groups in total. The number of aromatic amines is 1. The molecular formula is C29H36N10O7S2. The van der Waals surface area contributed by atoms with Gasteiger partial charge in [0, 0.05) is 41.6 Å². The molecule has 2 aromatic heterocycles. The minimum Gasteiger partial charge on any atom is -0.379 e. The Bertz CT molecular complexity index is 1690. The maximum atomic E-state index is 12.8. The molecule has 17 nitrogen and oxygen atoms in total. The zero-order chi connectivity index (χ0) is 35.2. The summed E-state index contributed by atoms with van der Waals surface area (Å²) in [4.78, 5) is 99.3. The van der Waals surface area contributed by atoms with Crippen LogP contribution in [0.2, 0.25) is 0 Å². The van der Waals surface area contributed by atoms with E-state index in [1.54, 1.807) is 31.2 Å². The molecule has 0 bridgehead atoms. The van der Waals surface area contributed by atoms with E-state index in [9.17, 15) is 33.6 Å². The summed E-state index contributed by atoms with van der Waals surface area (Å²) in [6.45, 7) is 1.98. The number of nitrogen functional groups attached to an aromatic ring is 1. The molecule has 0 unspecified atom stereocenters. The monoisotopic (exact) mass is 700 g/mol. The second-order valence-corrected chi connectivity index (χ2v) is 11.3. The fourth-order valence-electron chi connectivity index (χ4n) is 4.18. The lowest BCUT2D eigenvalue weighted by atomic mass is 10.1. The van der Waals surface area contributed by atoms with Crippen molar-refractivity contribution < 1.29 is 28.8 Å². The third kappa shape index (κ3) is 11.0. The largest absolute Gasteiger partial charge is 0.379 e. The molecule has 256 valence electrons. The zero-order valence-corrected chi connectivity index (χ0v) is 27.6. The van der Waals surface area contributed by atoms with E-state index in [1.165, 1.54) is 6.20 Å². The van der Waals surface area contributed by atoms with Crippen LogP contribution in [0.5, 0.6) is 0 Å². The third-order valence-electron chi connectivity index (χ3n) is 6.78. The Morgan fingerprint density at radius 2 is 1.67 bits per heavy atom. The van der Waals surface area contributed by atoms with Crippen molar-refractivity contribution in [2.24, 2.45) is 0 Å². The van der Waals surface area contributed by atoms with Crippen LogP contribution in [0.4, 0.5) is 11.6 Å². The molecule has 3 aromatic rings. The molecular weight excluding hydrogens is 665 g/mol. The van der Waals surface area contributed by atoms with Crippen LogP contribution >= 0.6 is 25.3 Å². The van der Waals surface area contributed by atoms with E-state index < -0.39 is 47.4 Å². The fourth-order valence-corrected chi connectivity index (χ4v) is 4.62. The molecule has 0 spiro atoms. The number of benzene rings is 1. The van der Waals surface area contributed by atoms with Gasteiger partial charge in [-0.3, -0.25) is 29.0 Å². The molecule has 4 amide bonds. The van der Waals surface area contributed by atoms with Gasteiger partial charge in [-0.05, 0) is 37.6 Å². The van der Waals surface area contributed by atoms with E-state index in [0.717, 1.165) is 0 Å². The molecule has 3 rings (SSSR count). The van der Waals surface area contributed by atoms with Crippen molar-refractivity contribution in [1.29, 1.82) is 0 Å². The summed E-state index contributed by atoms with van der Waals surface area (Å²) in [5.41, 5.74) is 6.79. The van der Waals surface area contributed by atoms with Crippen molar-refractivity contribution in [2.45, 2.75) is 56.9 Å². The molecule has 0 aliphatic rings.